The lowest BCUT2D eigenvalue weighted by atomic mass is 9.45. The third-order valence-electron chi connectivity index (χ3n) is 9.70. The van der Waals surface area contributed by atoms with Gasteiger partial charge in [-0.25, -0.2) is 4.79 Å². The van der Waals surface area contributed by atoms with Crippen LogP contribution in [0.15, 0.2) is 42.0 Å². The van der Waals surface area contributed by atoms with Gasteiger partial charge < -0.3 is 4.74 Å². The molecule has 6 atom stereocenters. The van der Waals surface area contributed by atoms with Gasteiger partial charge in [-0.1, -0.05) is 64.0 Å². The van der Waals surface area contributed by atoms with E-state index in [1.165, 1.54) is 38.5 Å². The Morgan fingerprint density at radius 2 is 1.77 bits per heavy atom. The number of hydrogen-bond donors (Lipinski definition) is 0. The molecule has 4 aliphatic carbocycles. The molecule has 3 saturated carbocycles. The first-order chi connectivity index (χ1) is 14.2. The van der Waals surface area contributed by atoms with Crippen molar-refractivity contribution >= 4 is 5.97 Å². The Balaban J connectivity index is 1.37. The van der Waals surface area contributed by atoms with E-state index in [0.717, 1.165) is 24.7 Å². The van der Waals surface area contributed by atoms with Crippen molar-refractivity contribution in [3.05, 3.63) is 47.5 Å². The van der Waals surface area contributed by atoms with Crippen LogP contribution in [-0.2, 0) is 4.74 Å². The maximum Gasteiger partial charge on any atom is 0.338 e. The molecule has 0 N–H and O–H groups in total. The number of fused-ring (bicyclic) bond motifs is 5. The van der Waals surface area contributed by atoms with E-state index in [0.29, 0.717) is 27.7 Å². The molecule has 0 saturated heterocycles. The highest BCUT2D eigenvalue weighted by Gasteiger charge is 2.59. The monoisotopic (exact) mass is 406 g/mol. The fourth-order valence-corrected chi connectivity index (χ4v) is 8.37. The van der Waals surface area contributed by atoms with E-state index in [2.05, 4.69) is 33.8 Å². The predicted molar refractivity (Wildman–Crippen MR) is 121 cm³/mol. The van der Waals surface area contributed by atoms with Gasteiger partial charge in [0.25, 0.3) is 0 Å². The quantitative estimate of drug-likeness (QED) is 0.383. The van der Waals surface area contributed by atoms with Crippen molar-refractivity contribution in [3.63, 3.8) is 0 Å². The molecule has 0 amide bonds. The molecule has 3 fully saturated rings. The Hall–Kier alpha value is -1.57. The number of carbonyl (C=O) groups excluding carboxylic acids is 1. The maximum absolute atomic E-state index is 12.7. The van der Waals surface area contributed by atoms with E-state index in [9.17, 15) is 4.79 Å². The molecule has 30 heavy (non-hydrogen) atoms. The molecule has 0 bridgehead atoms. The van der Waals surface area contributed by atoms with Crippen molar-refractivity contribution in [1.29, 1.82) is 0 Å². The summed E-state index contributed by atoms with van der Waals surface area (Å²) in [6.45, 7) is 10.0. The zero-order chi connectivity index (χ0) is 21.1. The van der Waals surface area contributed by atoms with Crippen LogP contribution < -0.4 is 0 Å². The van der Waals surface area contributed by atoms with Crippen LogP contribution in [0.1, 0.15) is 89.4 Å². The first-order valence-electron chi connectivity index (χ1n) is 12.2. The normalized spacial score (nSPS) is 41.8. The molecule has 4 aliphatic rings. The van der Waals surface area contributed by atoms with Crippen LogP contribution in [0.2, 0.25) is 0 Å². The smallest absolute Gasteiger partial charge is 0.338 e. The van der Waals surface area contributed by atoms with E-state index >= 15 is 0 Å². The summed E-state index contributed by atoms with van der Waals surface area (Å²) in [6.07, 6.45) is 12.8. The average Bonchev–Trinajstić information content (AvgIpc) is 3.04. The number of ether oxygens (including phenoxy) is 1. The summed E-state index contributed by atoms with van der Waals surface area (Å²) in [7, 11) is 0. The van der Waals surface area contributed by atoms with Gasteiger partial charge in [0.2, 0.25) is 0 Å². The molecule has 5 rings (SSSR count). The van der Waals surface area contributed by atoms with E-state index in [4.69, 9.17) is 4.74 Å². The number of allylic oxidation sites excluding steroid dienone is 2. The third kappa shape index (κ3) is 3.09. The molecule has 1 aromatic rings. The fraction of sp³-hybridized carbons (Fsp3) is 0.679. The van der Waals surface area contributed by atoms with Gasteiger partial charge in [0, 0.05) is 0 Å². The second-order valence-electron chi connectivity index (χ2n) is 11.9. The number of benzene rings is 1. The van der Waals surface area contributed by atoms with Crippen molar-refractivity contribution in [2.45, 2.75) is 85.2 Å². The molecule has 0 heterocycles. The van der Waals surface area contributed by atoms with Crippen LogP contribution in [0.5, 0.6) is 0 Å². The van der Waals surface area contributed by atoms with Crippen molar-refractivity contribution in [1.82, 2.24) is 0 Å². The van der Waals surface area contributed by atoms with Crippen molar-refractivity contribution < 1.29 is 9.53 Å². The molecule has 0 radical (unpaired) electrons. The van der Waals surface area contributed by atoms with E-state index < -0.39 is 0 Å². The van der Waals surface area contributed by atoms with Crippen LogP contribution >= 0.6 is 0 Å². The number of hydrogen-bond acceptors (Lipinski definition) is 2. The second kappa shape index (κ2) is 6.97. The molecule has 2 nitrogen and oxygen atoms in total. The Morgan fingerprint density at radius 3 is 2.53 bits per heavy atom. The van der Waals surface area contributed by atoms with Crippen molar-refractivity contribution in [2.75, 3.05) is 0 Å². The van der Waals surface area contributed by atoms with Crippen LogP contribution in [-0.4, -0.2) is 12.1 Å². The molecule has 0 spiro atoms. The van der Waals surface area contributed by atoms with E-state index in [-0.39, 0.29) is 12.1 Å². The van der Waals surface area contributed by atoms with Gasteiger partial charge in [-0.3, -0.25) is 0 Å². The molecule has 0 aromatic heterocycles. The Labute approximate surface area is 182 Å². The molecule has 0 aliphatic heterocycles. The highest BCUT2D eigenvalue weighted by Crippen LogP contribution is 2.67. The van der Waals surface area contributed by atoms with Gasteiger partial charge in [0.15, 0.2) is 0 Å². The molecular formula is C28H38O2. The van der Waals surface area contributed by atoms with Gasteiger partial charge in [0.1, 0.15) is 6.10 Å². The predicted octanol–water partition coefficient (Wildman–Crippen LogP) is 7.20. The zero-order valence-corrected chi connectivity index (χ0v) is 19.2. The lowest BCUT2D eigenvalue weighted by Crippen LogP contribution is -2.50. The fourth-order valence-electron chi connectivity index (χ4n) is 8.37. The van der Waals surface area contributed by atoms with Crippen LogP contribution in [0.3, 0.4) is 0 Å². The lowest BCUT2D eigenvalue weighted by Gasteiger charge is -2.59. The summed E-state index contributed by atoms with van der Waals surface area (Å²) in [5.41, 5.74) is 3.51. The van der Waals surface area contributed by atoms with Crippen molar-refractivity contribution in [2.24, 2.45) is 34.0 Å². The summed E-state index contributed by atoms with van der Waals surface area (Å²) in [5, 5.41) is 0. The molecular weight excluding hydrogens is 368 g/mol. The molecule has 0 unspecified atom stereocenters. The Kier molecular flexibility index (Phi) is 4.73. The summed E-state index contributed by atoms with van der Waals surface area (Å²) in [5.74, 6) is 2.10. The van der Waals surface area contributed by atoms with Gasteiger partial charge in [-0.05, 0) is 91.1 Å². The van der Waals surface area contributed by atoms with Gasteiger partial charge in [-0.2, -0.15) is 0 Å². The van der Waals surface area contributed by atoms with Crippen LogP contribution in [0.4, 0.5) is 0 Å². The summed E-state index contributed by atoms with van der Waals surface area (Å²) >= 11 is 0. The molecule has 1 aromatic carbocycles. The summed E-state index contributed by atoms with van der Waals surface area (Å²) in [4.78, 5) is 12.7. The van der Waals surface area contributed by atoms with E-state index in [1.54, 1.807) is 5.57 Å². The second-order valence-corrected chi connectivity index (χ2v) is 11.9. The van der Waals surface area contributed by atoms with Gasteiger partial charge in [-0.15, -0.1) is 0 Å². The number of esters is 1. The lowest BCUT2D eigenvalue weighted by molar-refractivity contribution is -0.0362. The minimum atomic E-state index is -0.147. The van der Waals surface area contributed by atoms with Gasteiger partial charge >= 0.3 is 5.97 Å². The number of rotatable bonds is 2. The average molecular weight is 407 g/mol. The highest BCUT2D eigenvalue weighted by molar-refractivity contribution is 5.89. The standard InChI is InChI=1S/C28H38O2/c1-26(2)14-8-15-28(4)22-13-16-27(3)18-20(17-23(27)21(22)11-12-24(26)28)30-25(29)19-9-6-5-7-10-19/h5-7,9-10,12,20-23H,8,11,13-18H2,1-4H3/t20-,21+,22-,23-,27+,28+/m0/s1. The SMILES string of the molecule is CC1(C)CCC[C@@]2(C)C1=CC[C@H]1[C@@H]3C[C@H](OC(=O)c4ccccc4)C[C@@]3(C)CC[C@@H]12. The van der Waals surface area contributed by atoms with Gasteiger partial charge in [0.05, 0.1) is 5.56 Å². The minimum absolute atomic E-state index is 0.0763. The molecule has 162 valence electrons. The zero-order valence-electron chi connectivity index (χ0n) is 19.2. The number of carbonyl (C=O) groups is 1. The third-order valence-corrected chi connectivity index (χ3v) is 9.70. The first-order valence-corrected chi connectivity index (χ1v) is 12.2. The summed E-state index contributed by atoms with van der Waals surface area (Å²) in [6, 6.07) is 9.49. The van der Waals surface area contributed by atoms with Crippen LogP contribution in [0.25, 0.3) is 0 Å². The minimum Gasteiger partial charge on any atom is -0.459 e. The van der Waals surface area contributed by atoms with Crippen LogP contribution in [0, 0.1) is 34.0 Å². The molecule has 2 heteroatoms. The van der Waals surface area contributed by atoms with Crippen molar-refractivity contribution in [3.8, 4) is 0 Å². The summed E-state index contributed by atoms with van der Waals surface area (Å²) < 4.78 is 6.04. The highest BCUT2D eigenvalue weighted by atomic mass is 16.5. The van der Waals surface area contributed by atoms with E-state index in [1.807, 2.05) is 30.3 Å². The topological polar surface area (TPSA) is 26.3 Å². The Bertz CT molecular complexity index is 853. The first kappa shape index (κ1) is 20.3. The maximum atomic E-state index is 12.7. The largest absolute Gasteiger partial charge is 0.459 e. The Morgan fingerprint density at radius 1 is 1.00 bits per heavy atom.